The van der Waals surface area contributed by atoms with Gasteiger partial charge in [-0.15, -0.1) is 0 Å². The minimum absolute atomic E-state index is 0.117. The average Bonchev–Trinajstić information content (AvgIpc) is 2.32. The molecule has 1 aromatic carbocycles. The van der Waals surface area contributed by atoms with Crippen molar-refractivity contribution in [3.05, 3.63) is 35.6 Å². The van der Waals surface area contributed by atoms with E-state index in [4.69, 9.17) is 9.84 Å². The van der Waals surface area contributed by atoms with Gasteiger partial charge in [0.25, 0.3) is 0 Å². The predicted molar refractivity (Wildman–Crippen MR) is 66.0 cm³/mol. The zero-order valence-electron chi connectivity index (χ0n) is 10.7. The molecule has 0 fully saturated rings. The van der Waals surface area contributed by atoms with Crippen molar-refractivity contribution in [1.29, 1.82) is 0 Å². The van der Waals surface area contributed by atoms with Gasteiger partial charge >= 0.3 is 12.1 Å². The van der Waals surface area contributed by atoms with E-state index < -0.39 is 23.9 Å². The van der Waals surface area contributed by atoms with Crippen molar-refractivity contribution in [2.75, 3.05) is 0 Å². The lowest BCUT2D eigenvalue weighted by molar-refractivity contribution is -0.140. The molecule has 0 aromatic heterocycles. The van der Waals surface area contributed by atoms with Crippen LogP contribution in [-0.2, 0) is 16.1 Å². The highest BCUT2D eigenvalue weighted by Gasteiger charge is 2.23. The Labute approximate surface area is 110 Å². The Morgan fingerprint density at radius 2 is 2.11 bits per heavy atom. The van der Waals surface area contributed by atoms with Gasteiger partial charge in [-0.1, -0.05) is 26.0 Å². The summed E-state index contributed by atoms with van der Waals surface area (Å²) < 4.78 is 17.7. The summed E-state index contributed by atoms with van der Waals surface area (Å²) >= 11 is 0. The van der Waals surface area contributed by atoms with E-state index >= 15 is 0 Å². The maximum absolute atomic E-state index is 12.9. The van der Waals surface area contributed by atoms with E-state index in [1.54, 1.807) is 19.9 Å². The fraction of sp³-hybridized carbons (Fsp3) is 0.385. The maximum Gasteiger partial charge on any atom is 0.408 e. The van der Waals surface area contributed by atoms with Gasteiger partial charge in [0.05, 0.1) is 0 Å². The summed E-state index contributed by atoms with van der Waals surface area (Å²) in [7, 11) is 0. The fourth-order valence-corrected chi connectivity index (χ4v) is 1.46. The third-order valence-electron chi connectivity index (χ3n) is 2.47. The third-order valence-corrected chi connectivity index (χ3v) is 2.47. The zero-order chi connectivity index (χ0) is 14.4. The number of hydrogen-bond acceptors (Lipinski definition) is 3. The zero-order valence-corrected chi connectivity index (χ0v) is 10.7. The summed E-state index contributed by atoms with van der Waals surface area (Å²) in [6, 6.07) is 4.61. The standard InChI is InChI=1S/C13H16FNO4/c1-8(2)11(12(16)17)15-13(18)19-7-9-4-3-5-10(14)6-9/h3-6,8,11H,7H2,1-2H3,(H,15,18)(H,16,17)/t11-/m0/s1. The number of halogens is 1. The van der Waals surface area contributed by atoms with Gasteiger partial charge in [0, 0.05) is 0 Å². The van der Waals surface area contributed by atoms with Crippen molar-refractivity contribution < 1.29 is 23.8 Å². The molecular formula is C13H16FNO4. The molecule has 0 aliphatic heterocycles. The molecule has 1 atom stereocenters. The monoisotopic (exact) mass is 269 g/mol. The van der Waals surface area contributed by atoms with Crippen LogP contribution in [0.2, 0.25) is 0 Å². The molecule has 0 aliphatic carbocycles. The van der Waals surface area contributed by atoms with Crippen LogP contribution in [-0.4, -0.2) is 23.2 Å². The average molecular weight is 269 g/mol. The molecule has 0 radical (unpaired) electrons. The maximum atomic E-state index is 12.9. The van der Waals surface area contributed by atoms with Gasteiger partial charge in [0.2, 0.25) is 0 Å². The van der Waals surface area contributed by atoms with Crippen LogP contribution in [0.15, 0.2) is 24.3 Å². The number of carbonyl (C=O) groups is 2. The first-order chi connectivity index (χ1) is 8.90. The van der Waals surface area contributed by atoms with Gasteiger partial charge < -0.3 is 15.2 Å². The van der Waals surface area contributed by atoms with Crippen molar-refractivity contribution in [3.63, 3.8) is 0 Å². The van der Waals surface area contributed by atoms with Gasteiger partial charge in [0.1, 0.15) is 18.5 Å². The number of amides is 1. The Kier molecular flexibility index (Phi) is 5.29. The molecule has 0 bridgehead atoms. The topological polar surface area (TPSA) is 75.6 Å². The number of rotatable bonds is 5. The van der Waals surface area contributed by atoms with Crippen LogP contribution in [0, 0.1) is 11.7 Å². The number of ether oxygens (including phenoxy) is 1. The summed E-state index contributed by atoms with van der Waals surface area (Å²) in [4.78, 5) is 22.3. The summed E-state index contributed by atoms with van der Waals surface area (Å²) in [6.07, 6.45) is -0.842. The van der Waals surface area contributed by atoms with E-state index in [2.05, 4.69) is 5.32 Å². The summed E-state index contributed by atoms with van der Waals surface area (Å²) in [6.45, 7) is 3.23. The van der Waals surface area contributed by atoms with Crippen LogP contribution in [0.5, 0.6) is 0 Å². The summed E-state index contributed by atoms with van der Waals surface area (Å²) in [5, 5.41) is 11.1. The van der Waals surface area contributed by atoms with Gasteiger partial charge in [-0.05, 0) is 23.6 Å². The lowest BCUT2D eigenvalue weighted by Crippen LogP contribution is -2.44. The minimum atomic E-state index is -1.13. The van der Waals surface area contributed by atoms with Crippen molar-refractivity contribution >= 4 is 12.1 Å². The van der Waals surface area contributed by atoms with E-state index in [0.717, 1.165) is 0 Å². The number of aliphatic carboxylic acids is 1. The number of alkyl carbamates (subject to hydrolysis) is 1. The molecule has 0 saturated heterocycles. The van der Waals surface area contributed by atoms with Gasteiger partial charge in [-0.25, -0.2) is 14.0 Å². The first-order valence-electron chi connectivity index (χ1n) is 5.80. The molecule has 5 nitrogen and oxygen atoms in total. The smallest absolute Gasteiger partial charge is 0.408 e. The first kappa shape index (κ1) is 14.9. The highest BCUT2D eigenvalue weighted by atomic mass is 19.1. The lowest BCUT2D eigenvalue weighted by atomic mass is 10.1. The van der Waals surface area contributed by atoms with E-state index in [9.17, 15) is 14.0 Å². The van der Waals surface area contributed by atoms with E-state index in [1.165, 1.54) is 18.2 Å². The quantitative estimate of drug-likeness (QED) is 0.858. The van der Waals surface area contributed by atoms with Crippen LogP contribution < -0.4 is 5.32 Å². The highest BCUT2D eigenvalue weighted by Crippen LogP contribution is 2.06. The molecule has 1 aromatic rings. The SMILES string of the molecule is CC(C)[C@H](NC(=O)OCc1cccc(F)c1)C(=O)O. The van der Waals surface area contributed by atoms with E-state index in [-0.39, 0.29) is 12.5 Å². The second-order valence-electron chi connectivity index (χ2n) is 4.41. The Morgan fingerprint density at radius 3 is 2.63 bits per heavy atom. The normalized spacial score (nSPS) is 12.0. The number of nitrogens with one attached hydrogen (secondary N) is 1. The number of carboxylic acids is 1. The number of hydrogen-bond donors (Lipinski definition) is 2. The van der Waals surface area contributed by atoms with Crippen LogP contribution in [0.1, 0.15) is 19.4 Å². The summed E-state index contributed by atoms with van der Waals surface area (Å²) in [5.41, 5.74) is 0.492. The van der Waals surface area contributed by atoms with Crippen LogP contribution >= 0.6 is 0 Å². The molecule has 1 rings (SSSR count). The van der Waals surface area contributed by atoms with Gasteiger partial charge in [-0.2, -0.15) is 0 Å². The van der Waals surface area contributed by atoms with Crippen molar-refractivity contribution in [1.82, 2.24) is 5.32 Å². The van der Waals surface area contributed by atoms with Crippen molar-refractivity contribution in [3.8, 4) is 0 Å². The van der Waals surface area contributed by atoms with Crippen LogP contribution in [0.3, 0.4) is 0 Å². The van der Waals surface area contributed by atoms with Crippen molar-refractivity contribution in [2.45, 2.75) is 26.5 Å². The van der Waals surface area contributed by atoms with Crippen LogP contribution in [0.4, 0.5) is 9.18 Å². The molecule has 104 valence electrons. The minimum Gasteiger partial charge on any atom is -0.480 e. The molecule has 1 amide bonds. The molecule has 0 unspecified atom stereocenters. The molecule has 19 heavy (non-hydrogen) atoms. The van der Waals surface area contributed by atoms with Gasteiger partial charge in [-0.3, -0.25) is 0 Å². The summed E-state index contributed by atoms with van der Waals surface area (Å²) in [5.74, 6) is -1.82. The number of carbonyl (C=O) groups excluding carboxylic acids is 1. The first-order valence-corrected chi connectivity index (χ1v) is 5.80. The Morgan fingerprint density at radius 1 is 1.42 bits per heavy atom. The fourth-order valence-electron chi connectivity index (χ4n) is 1.46. The molecule has 0 spiro atoms. The van der Waals surface area contributed by atoms with E-state index in [0.29, 0.717) is 5.56 Å². The molecular weight excluding hydrogens is 253 g/mol. The Balaban J connectivity index is 2.49. The van der Waals surface area contributed by atoms with E-state index in [1.807, 2.05) is 0 Å². The molecule has 2 N–H and O–H groups in total. The van der Waals surface area contributed by atoms with Gasteiger partial charge in [0.15, 0.2) is 0 Å². The lowest BCUT2D eigenvalue weighted by Gasteiger charge is -2.17. The second kappa shape index (κ2) is 6.72. The van der Waals surface area contributed by atoms with Crippen LogP contribution in [0.25, 0.3) is 0 Å². The Bertz CT molecular complexity index is 462. The largest absolute Gasteiger partial charge is 0.480 e. The highest BCUT2D eigenvalue weighted by molar-refractivity contribution is 5.80. The molecule has 6 heteroatoms. The molecule has 0 aliphatic rings. The second-order valence-corrected chi connectivity index (χ2v) is 4.41. The van der Waals surface area contributed by atoms with Crippen molar-refractivity contribution in [2.24, 2.45) is 5.92 Å². The third kappa shape index (κ3) is 4.95. The molecule has 0 saturated carbocycles. The number of carboxylic acid groups (broad SMARTS) is 1. The number of benzene rings is 1. The molecule has 0 heterocycles. The predicted octanol–water partition coefficient (Wildman–Crippen LogP) is 2.16. The Hall–Kier alpha value is -2.11.